The van der Waals surface area contributed by atoms with E-state index in [1.807, 2.05) is 34.0 Å². The average Bonchev–Trinajstić information content (AvgIpc) is 3.38. The summed E-state index contributed by atoms with van der Waals surface area (Å²) >= 11 is 1.73. The maximum atomic E-state index is 12.1. The number of aryl methyl sites for hydroxylation is 1. The lowest BCUT2D eigenvalue weighted by atomic mass is 9.96. The van der Waals surface area contributed by atoms with Gasteiger partial charge in [0.05, 0.1) is 0 Å². The van der Waals surface area contributed by atoms with Crippen LogP contribution in [0.25, 0.3) is 26.4 Å². The van der Waals surface area contributed by atoms with Gasteiger partial charge in [0.15, 0.2) is 11.5 Å². The molecule has 3 aromatic heterocycles. The number of thiophene rings is 1. The third-order valence-corrected chi connectivity index (χ3v) is 6.70. The van der Waals surface area contributed by atoms with Crippen molar-refractivity contribution in [2.24, 2.45) is 5.41 Å². The zero-order valence-electron chi connectivity index (χ0n) is 20.0. The number of likely N-dealkylation sites (N-methyl/N-ethyl adjacent to an activating group) is 1. The first-order chi connectivity index (χ1) is 15.8. The summed E-state index contributed by atoms with van der Waals surface area (Å²) in [5, 5.41) is 9.55. The largest absolute Gasteiger partial charge is 0.365 e. The van der Waals surface area contributed by atoms with Crippen LogP contribution in [0.5, 0.6) is 0 Å². The number of amides is 1. The van der Waals surface area contributed by atoms with Crippen molar-refractivity contribution < 1.29 is 4.79 Å². The number of hydrogen-bond donors (Lipinski definition) is 3. The van der Waals surface area contributed by atoms with Crippen LogP contribution in [0.4, 0.5) is 5.82 Å². The van der Waals surface area contributed by atoms with E-state index in [0.29, 0.717) is 13.1 Å². The van der Waals surface area contributed by atoms with E-state index in [9.17, 15) is 4.79 Å². The van der Waals surface area contributed by atoms with Crippen LogP contribution in [-0.2, 0) is 11.2 Å². The first kappa shape index (κ1) is 23.2. The number of hydrogen-bond acceptors (Lipinski definition) is 6. The fourth-order valence-electron chi connectivity index (χ4n) is 3.68. The highest BCUT2D eigenvalue weighted by atomic mass is 32.1. The third kappa shape index (κ3) is 5.02. The van der Waals surface area contributed by atoms with Crippen LogP contribution in [0.1, 0.15) is 32.0 Å². The van der Waals surface area contributed by atoms with Crippen molar-refractivity contribution in [3.8, 4) is 10.4 Å². The van der Waals surface area contributed by atoms with E-state index in [1.54, 1.807) is 11.3 Å². The molecule has 0 spiro atoms. The Bertz CT molecular complexity index is 1280. The van der Waals surface area contributed by atoms with Crippen LogP contribution < -0.4 is 16.0 Å². The monoisotopic (exact) mass is 464 g/mol. The molecule has 0 radical (unpaired) electrons. The third-order valence-electron chi connectivity index (χ3n) is 5.54. The highest BCUT2D eigenvalue weighted by molar-refractivity contribution is 7.21. The van der Waals surface area contributed by atoms with E-state index in [2.05, 4.69) is 62.6 Å². The van der Waals surface area contributed by atoms with E-state index in [4.69, 9.17) is 4.98 Å². The Morgan fingerprint density at radius 2 is 1.97 bits per heavy atom. The summed E-state index contributed by atoms with van der Waals surface area (Å²) in [7, 11) is 1.98. The second-order valence-electron chi connectivity index (χ2n) is 9.31. The van der Waals surface area contributed by atoms with Crippen molar-refractivity contribution in [3.05, 3.63) is 47.8 Å². The maximum absolute atomic E-state index is 12.1. The molecule has 1 amide bonds. The zero-order chi connectivity index (χ0) is 23.6. The Labute approximate surface area is 198 Å². The highest BCUT2D eigenvalue weighted by Gasteiger charge is 2.20. The molecule has 0 fully saturated rings. The van der Waals surface area contributed by atoms with Gasteiger partial charge in [0.2, 0.25) is 5.91 Å². The standard InChI is InChI=1S/C25H32N6OS/c1-16-15-29-22-21(27-11-12-28-24(32)25(2,3)4)30-19-14-20(33-23(19)31(16)22)18-8-6-7-17(13-18)9-10-26-5/h6-8,13-15,26H,9-12H2,1-5H3,(H,27,30)(H,28,32). The van der Waals surface area contributed by atoms with Gasteiger partial charge in [-0.2, -0.15) is 0 Å². The number of fused-ring (bicyclic) bond motifs is 3. The van der Waals surface area contributed by atoms with Crippen LogP contribution in [-0.4, -0.2) is 47.0 Å². The Morgan fingerprint density at radius 1 is 1.15 bits per heavy atom. The molecular weight excluding hydrogens is 432 g/mol. The smallest absolute Gasteiger partial charge is 0.225 e. The first-order valence-corrected chi connectivity index (χ1v) is 12.1. The lowest BCUT2D eigenvalue weighted by molar-refractivity contribution is -0.128. The lowest BCUT2D eigenvalue weighted by Gasteiger charge is -2.17. The summed E-state index contributed by atoms with van der Waals surface area (Å²) in [5.74, 6) is 0.765. The molecule has 0 saturated heterocycles. The van der Waals surface area contributed by atoms with Crippen molar-refractivity contribution in [2.75, 3.05) is 32.0 Å². The highest BCUT2D eigenvalue weighted by Crippen LogP contribution is 2.35. The molecule has 174 valence electrons. The summed E-state index contributed by atoms with van der Waals surface area (Å²) in [6.07, 6.45) is 2.87. The van der Waals surface area contributed by atoms with Crippen LogP contribution >= 0.6 is 11.3 Å². The number of benzene rings is 1. The molecule has 1 aromatic carbocycles. The Balaban J connectivity index is 1.62. The van der Waals surface area contributed by atoms with Gasteiger partial charge in [0.25, 0.3) is 0 Å². The average molecular weight is 465 g/mol. The van der Waals surface area contributed by atoms with E-state index in [1.165, 1.54) is 16.0 Å². The minimum absolute atomic E-state index is 0.0361. The number of aromatic nitrogens is 3. The Hall–Kier alpha value is -2.97. The van der Waals surface area contributed by atoms with Crippen molar-refractivity contribution in [1.29, 1.82) is 0 Å². The first-order valence-electron chi connectivity index (χ1n) is 11.3. The Morgan fingerprint density at radius 3 is 2.73 bits per heavy atom. The summed E-state index contributed by atoms with van der Waals surface area (Å²) in [5.41, 5.74) is 4.93. The predicted molar refractivity (Wildman–Crippen MR) is 137 cm³/mol. The zero-order valence-corrected chi connectivity index (χ0v) is 20.8. The molecule has 4 aromatic rings. The van der Waals surface area contributed by atoms with Crippen molar-refractivity contribution in [2.45, 2.75) is 34.1 Å². The normalized spacial score (nSPS) is 11.9. The lowest BCUT2D eigenvalue weighted by Crippen LogP contribution is -2.37. The molecule has 0 atom stereocenters. The van der Waals surface area contributed by atoms with Crippen LogP contribution in [0.3, 0.4) is 0 Å². The SMILES string of the molecule is CNCCc1cccc(-c2cc3nc(NCCNC(=O)C(C)(C)C)c4ncc(C)n4c3s2)c1. The minimum Gasteiger partial charge on any atom is -0.365 e. The molecule has 3 heterocycles. The van der Waals surface area contributed by atoms with E-state index >= 15 is 0 Å². The molecule has 0 unspecified atom stereocenters. The number of nitrogens with one attached hydrogen (secondary N) is 3. The van der Waals surface area contributed by atoms with Gasteiger partial charge in [0.1, 0.15) is 10.3 Å². The molecule has 33 heavy (non-hydrogen) atoms. The number of imidazole rings is 1. The number of rotatable bonds is 8. The van der Waals surface area contributed by atoms with Crippen LogP contribution in [0.2, 0.25) is 0 Å². The molecule has 7 nitrogen and oxygen atoms in total. The molecule has 3 N–H and O–H groups in total. The van der Waals surface area contributed by atoms with Gasteiger partial charge in [0, 0.05) is 35.3 Å². The topological polar surface area (TPSA) is 83.4 Å². The minimum atomic E-state index is -0.401. The van der Waals surface area contributed by atoms with Gasteiger partial charge in [-0.1, -0.05) is 45.0 Å². The quantitative estimate of drug-likeness (QED) is 0.340. The number of carbonyl (C=O) groups is 1. The molecule has 0 aliphatic carbocycles. The van der Waals surface area contributed by atoms with Gasteiger partial charge in [-0.3, -0.25) is 9.20 Å². The molecular formula is C25H32N6OS. The Kier molecular flexibility index (Phi) is 6.67. The van der Waals surface area contributed by atoms with Crippen LogP contribution in [0, 0.1) is 12.3 Å². The summed E-state index contributed by atoms with van der Waals surface area (Å²) in [4.78, 5) is 23.9. The summed E-state index contributed by atoms with van der Waals surface area (Å²) in [6.45, 7) is 9.84. The van der Waals surface area contributed by atoms with Gasteiger partial charge in [-0.05, 0) is 44.1 Å². The number of anilines is 1. The van der Waals surface area contributed by atoms with Gasteiger partial charge < -0.3 is 16.0 Å². The molecule has 0 bridgehead atoms. The van der Waals surface area contributed by atoms with Gasteiger partial charge in [-0.25, -0.2) is 9.97 Å². The number of nitrogens with zero attached hydrogens (tertiary/aromatic N) is 3. The van der Waals surface area contributed by atoms with Crippen molar-refractivity contribution in [1.82, 2.24) is 25.0 Å². The molecule has 4 rings (SSSR count). The maximum Gasteiger partial charge on any atom is 0.225 e. The van der Waals surface area contributed by atoms with Gasteiger partial charge in [-0.15, -0.1) is 11.3 Å². The summed E-state index contributed by atoms with van der Waals surface area (Å²) in [6, 6.07) is 10.9. The summed E-state index contributed by atoms with van der Waals surface area (Å²) < 4.78 is 2.16. The number of carbonyl (C=O) groups excluding carboxylic acids is 1. The fourth-order valence-corrected chi connectivity index (χ4v) is 4.83. The predicted octanol–water partition coefficient (Wildman–Crippen LogP) is 4.26. The molecule has 0 aliphatic heterocycles. The van der Waals surface area contributed by atoms with Crippen molar-refractivity contribution in [3.63, 3.8) is 0 Å². The van der Waals surface area contributed by atoms with Gasteiger partial charge >= 0.3 is 0 Å². The van der Waals surface area contributed by atoms with Crippen LogP contribution in [0.15, 0.2) is 36.5 Å². The molecule has 0 aliphatic rings. The molecule has 8 heteroatoms. The van der Waals surface area contributed by atoms with Crippen molar-refractivity contribution >= 4 is 39.1 Å². The fraction of sp³-hybridized carbons (Fsp3) is 0.400. The second-order valence-corrected chi connectivity index (χ2v) is 10.3. The van der Waals surface area contributed by atoms with E-state index in [-0.39, 0.29) is 5.91 Å². The molecule has 0 saturated carbocycles. The second kappa shape index (κ2) is 9.49. The van der Waals surface area contributed by atoms with E-state index in [0.717, 1.165) is 40.5 Å². The van der Waals surface area contributed by atoms with E-state index < -0.39 is 5.41 Å².